The summed E-state index contributed by atoms with van der Waals surface area (Å²) in [5.74, 6) is -0.450. The Morgan fingerprint density at radius 1 is 1.17 bits per heavy atom. The summed E-state index contributed by atoms with van der Waals surface area (Å²) in [6.07, 6.45) is 11.8. The summed E-state index contributed by atoms with van der Waals surface area (Å²) in [6.45, 7) is 4.12. The van der Waals surface area contributed by atoms with E-state index in [0.29, 0.717) is 32.9 Å². The molecule has 8 heteroatoms. The van der Waals surface area contributed by atoms with Gasteiger partial charge in [0.05, 0.1) is 23.5 Å². The number of benzene rings is 1. The molecule has 0 saturated carbocycles. The van der Waals surface area contributed by atoms with Crippen molar-refractivity contribution in [3.8, 4) is 5.69 Å². The number of esters is 1. The Morgan fingerprint density at radius 2 is 1.89 bits per heavy atom. The Labute approximate surface area is 236 Å². The summed E-state index contributed by atoms with van der Waals surface area (Å²) >= 11 is 9.27. The number of aromatic nitrogens is 1. The Bertz CT molecular complexity index is 1210. The molecular weight excluding hydrogens is 613 g/mol. The number of pyridine rings is 1. The molecule has 0 aliphatic heterocycles. The van der Waals surface area contributed by atoms with Crippen molar-refractivity contribution in [2.45, 2.75) is 49.0 Å². The fraction of sp³-hybridized carbons (Fsp3) is 0.296. The van der Waals surface area contributed by atoms with E-state index in [1.165, 1.54) is 11.3 Å². The van der Waals surface area contributed by atoms with Crippen LogP contribution in [0.4, 0.5) is 0 Å². The van der Waals surface area contributed by atoms with Crippen LogP contribution in [0.3, 0.4) is 0 Å². The van der Waals surface area contributed by atoms with Gasteiger partial charge in [-0.25, -0.2) is 0 Å². The number of thioether (sulfide) groups is 1. The lowest BCUT2D eigenvalue weighted by molar-refractivity contribution is -0.598. The topological polar surface area (TPSA) is 47.3 Å². The van der Waals surface area contributed by atoms with Crippen LogP contribution >= 0.6 is 34.7 Å². The Balaban J connectivity index is 0.00000342. The number of carbonyl (C=O) groups excluding carboxylic acids is 2. The van der Waals surface area contributed by atoms with Crippen LogP contribution in [-0.4, -0.2) is 23.6 Å². The smallest absolute Gasteiger partial charge is 0.310 e. The number of ketones is 1. The lowest BCUT2D eigenvalue weighted by Gasteiger charge is -2.14. The van der Waals surface area contributed by atoms with Gasteiger partial charge in [-0.3, -0.25) is 9.59 Å². The van der Waals surface area contributed by atoms with Crippen molar-refractivity contribution in [2.24, 2.45) is 0 Å². The van der Waals surface area contributed by atoms with Crippen molar-refractivity contribution in [3.05, 3.63) is 87.5 Å². The number of thiophene rings is 1. The minimum absolute atomic E-state index is 0. The normalized spacial score (nSPS) is 14.9. The van der Waals surface area contributed by atoms with Gasteiger partial charge in [0.15, 0.2) is 12.4 Å². The third-order valence-corrected chi connectivity index (χ3v) is 8.52. The van der Waals surface area contributed by atoms with E-state index in [1.807, 2.05) is 36.0 Å². The Morgan fingerprint density at radius 3 is 2.51 bits per heavy atom. The van der Waals surface area contributed by atoms with E-state index in [0.717, 1.165) is 34.7 Å². The largest absolute Gasteiger partial charge is 1.00 e. The van der Waals surface area contributed by atoms with Crippen LogP contribution in [0.5, 0.6) is 0 Å². The number of allylic oxidation sites excluding steroid dienone is 1. The predicted octanol–water partition coefficient (Wildman–Crippen LogP) is 3.53. The van der Waals surface area contributed by atoms with Crippen LogP contribution in [0.1, 0.15) is 52.5 Å². The van der Waals surface area contributed by atoms with Crippen molar-refractivity contribution in [1.82, 2.24) is 0 Å². The van der Waals surface area contributed by atoms with Gasteiger partial charge in [0, 0.05) is 28.0 Å². The molecule has 2 heterocycles. The van der Waals surface area contributed by atoms with Gasteiger partial charge in [-0.15, -0.1) is 23.1 Å². The van der Waals surface area contributed by atoms with Gasteiger partial charge in [0.25, 0.3) is 0 Å². The summed E-state index contributed by atoms with van der Waals surface area (Å²) in [5.41, 5.74) is 3.28. The minimum atomic E-state index is -0.339. The molecule has 35 heavy (non-hydrogen) atoms. The Kier molecular flexibility index (Phi) is 10.4. The molecule has 0 spiro atoms. The minimum Gasteiger partial charge on any atom is -1.00 e. The first kappa shape index (κ1) is 27.9. The van der Waals surface area contributed by atoms with Crippen molar-refractivity contribution in [2.75, 3.05) is 6.61 Å². The predicted molar refractivity (Wildman–Crippen MR) is 138 cm³/mol. The molecule has 0 fully saturated rings. The van der Waals surface area contributed by atoms with Crippen molar-refractivity contribution >= 4 is 46.5 Å². The van der Waals surface area contributed by atoms with Crippen LogP contribution in [0, 0.1) is 6.92 Å². The maximum Gasteiger partial charge on any atom is 0.310 e. The van der Waals surface area contributed by atoms with E-state index in [2.05, 4.69) is 12.2 Å². The average Bonchev–Trinajstić information content (AvgIpc) is 3.17. The second kappa shape index (κ2) is 13.0. The molecule has 0 N–H and O–H groups in total. The van der Waals surface area contributed by atoms with Gasteiger partial charge in [0.1, 0.15) is 4.21 Å². The zero-order valence-electron chi connectivity index (χ0n) is 19.6. The summed E-state index contributed by atoms with van der Waals surface area (Å²) in [6, 6.07) is 10.9. The van der Waals surface area contributed by atoms with Gasteiger partial charge in [-0.05, 0) is 62.9 Å². The number of ether oxygens (including phenoxy) is 1. The van der Waals surface area contributed by atoms with Crippen LogP contribution in [0.15, 0.2) is 65.2 Å². The second-order valence-corrected chi connectivity index (χ2v) is 11.1. The summed E-state index contributed by atoms with van der Waals surface area (Å²) in [5, 5.41) is 0.914. The molecule has 1 aliphatic carbocycles. The molecule has 0 amide bonds. The highest BCUT2D eigenvalue weighted by atomic mass is 127. The third kappa shape index (κ3) is 6.96. The number of halogens is 2. The number of nitrogens with zero attached hydrogens (tertiary/aromatic N) is 1. The molecule has 0 radical (unpaired) electrons. The summed E-state index contributed by atoms with van der Waals surface area (Å²) in [7, 11) is 0. The zero-order chi connectivity index (χ0) is 24.1. The standard InChI is InChI=1S/C27H27ClNO3S2.HI/c1-3-32-23(30)17-22-24(29-15-13-18(2)14-16-29)27(33-21-7-5-4-6-8-21)34-26(22)25(31)19-9-11-20(28)12-10-19;/h5,7,9-16,21H,3-4,6,8,17H2,1-2H3;1H/q+1;/p-1. The quantitative estimate of drug-likeness (QED) is 0.125. The second-order valence-electron chi connectivity index (χ2n) is 8.16. The van der Waals surface area contributed by atoms with Crippen LogP contribution in [0.2, 0.25) is 5.02 Å². The van der Waals surface area contributed by atoms with Crippen LogP contribution < -0.4 is 28.5 Å². The SMILES string of the molecule is CCOC(=O)Cc1c(C(=O)c2ccc(Cl)cc2)sc(SC2C=CCCC2)c1-[n+]1ccc(C)cc1.[I-]. The molecule has 3 aromatic rings. The van der Waals surface area contributed by atoms with Crippen molar-refractivity contribution < 1.29 is 42.9 Å². The van der Waals surface area contributed by atoms with E-state index >= 15 is 0 Å². The lowest BCUT2D eigenvalue weighted by Crippen LogP contribution is -3.00. The van der Waals surface area contributed by atoms with Crippen LogP contribution in [0.25, 0.3) is 5.69 Å². The molecule has 1 unspecified atom stereocenters. The maximum absolute atomic E-state index is 13.6. The molecular formula is C27H27ClINO3S2. The highest BCUT2D eigenvalue weighted by Gasteiger charge is 2.32. The van der Waals surface area contributed by atoms with Gasteiger partial charge >= 0.3 is 5.97 Å². The first-order valence-corrected chi connectivity index (χ1v) is 13.5. The number of carbonyl (C=O) groups is 2. The first-order valence-electron chi connectivity index (χ1n) is 11.4. The van der Waals surface area contributed by atoms with Gasteiger partial charge in [-0.1, -0.05) is 23.8 Å². The number of aryl methyl sites for hydroxylation is 1. The summed E-state index contributed by atoms with van der Waals surface area (Å²) < 4.78 is 8.33. The van der Waals surface area contributed by atoms with Gasteiger partial charge in [-0.2, -0.15) is 4.57 Å². The van der Waals surface area contributed by atoms with E-state index in [1.54, 1.807) is 43.0 Å². The molecule has 184 valence electrons. The molecule has 1 atom stereocenters. The first-order chi connectivity index (χ1) is 16.5. The number of hydrogen-bond acceptors (Lipinski definition) is 5. The van der Waals surface area contributed by atoms with Gasteiger partial charge in [0.2, 0.25) is 11.5 Å². The van der Waals surface area contributed by atoms with E-state index in [4.69, 9.17) is 16.3 Å². The molecule has 1 aromatic carbocycles. The molecule has 4 rings (SSSR count). The average molecular weight is 640 g/mol. The van der Waals surface area contributed by atoms with Crippen molar-refractivity contribution in [1.29, 1.82) is 0 Å². The summed E-state index contributed by atoms with van der Waals surface area (Å²) in [4.78, 5) is 26.8. The molecule has 0 saturated heterocycles. The van der Waals surface area contributed by atoms with E-state index < -0.39 is 0 Å². The fourth-order valence-electron chi connectivity index (χ4n) is 3.88. The lowest BCUT2D eigenvalue weighted by atomic mass is 10.0. The maximum atomic E-state index is 13.6. The molecule has 1 aliphatic rings. The molecule has 4 nitrogen and oxygen atoms in total. The van der Waals surface area contributed by atoms with Gasteiger partial charge < -0.3 is 28.7 Å². The highest BCUT2D eigenvalue weighted by Crippen LogP contribution is 2.42. The Hall–Kier alpha value is -1.68. The number of hydrogen-bond donors (Lipinski definition) is 0. The molecule has 0 bridgehead atoms. The monoisotopic (exact) mass is 639 g/mol. The molecule has 2 aromatic heterocycles. The van der Waals surface area contributed by atoms with E-state index in [9.17, 15) is 9.59 Å². The highest BCUT2D eigenvalue weighted by molar-refractivity contribution is 8.02. The van der Waals surface area contributed by atoms with E-state index in [-0.39, 0.29) is 42.2 Å². The third-order valence-electron chi connectivity index (χ3n) is 5.61. The van der Waals surface area contributed by atoms with Crippen LogP contribution in [-0.2, 0) is 16.0 Å². The zero-order valence-corrected chi connectivity index (χ0v) is 24.2. The van der Waals surface area contributed by atoms with Crippen molar-refractivity contribution in [3.63, 3.8) is 0 Å². The number of rotatable bonds is 8. The fourth-order valence-corrected chi connectivity index (χ4v) is 6.92.